The number of halogens is 1. The van der Waals surface area contributed by atoms with Crippen molar-refractivity contribution in [3.05, 3.63) is 70.4 Å². The van der Waals surface area contributed by atoms with Crippen LogP contribution >= 0.6 is 11.3 Å². The maximum absolute atomic E-state index is 13.3. The molecular weight excluding hydrogens is 399 g/mol. The molecule has 0 unspecified atom stereocenters. The van der Waals surface area contributed by atoms with Crippen LogP contribution in [0.4, 0.5) is 4.39 Å². The largest absolute Gasteiger partial charge is 0.395 e. The molecule has 0 saturated carbocycles. The van der Waals surface area contributed by atoms with Gasteiger partial charge in [-0.05, 0) is 60.5 Å². The van der Waals surface area contributed by atoms with Crippen LogP contribution in [-0.4, -0.2) is 41.7 Å². The monoisotopic (exact) mass is 426 g/mol. The number of aliphatic hydroxyl groups is 1. The Morgan fingerprint density at radius 3 is 2.77 bits per heavy atom. The summed E-state index contributed by atoms with van der Waals surface area (Å²) in [5.41, 5.74) is 2.21. The van der Waals surface area contributed by atoms with Crippen molar-refractivity contribution in [2.75, 3.05) is 19.7 Å². The first kappa shape index (κ1) is 21.0. The van der Waals surface area contributed by atoms with Gasteiger partial charge in [-0.1, -0.05) is 36.8 Å². The highest BCUT2D eigenvalue weighted by Gasteiger charge is 2.27. The lowest BCUT2D eigenvalue weighted by atomic mass is 9.93. The molecule has 2 N–H and O–H groups in total. The molecule has 1 fully saturated rings. The van der Waals surface area contributed by atoms with Gasteiger partial charge in [0.2, 0.25) is 0 Å². The lowest BCUT2D eigenvalue weighted by Gasteiger charge is -2.36. The number of amides is 1. The summed E-state index contributed by atoms with van der Waals surface area (Å²) < 4.78 is 14.4. The number of fused-ring (bicyclic) bond motifs is 1. The first-order valence-corrected chi connectivity index (χ1v) is 11.4. The Balaban J connectivity index is 1.60. The van der Waals surface area contributed by atoms with Gasteiger partial charge in [0.05, 0.1) is 11.5 Å². The Bertz CT molecular complexity index is 1000. The van der Waals surface area contributed by atoms with Crippen LogP contribution in [0.3, 0.4) is 0 Å². The Kier molecular flexibility index (Phi) is 6.77. The number of nitrogens with zero attached hydrogens (tertiary/aromatic N) is 1. The Labute approximate surface area is 180 Å². The standard InChI is InChI=1S/C24H27FN2O2S/c25-18-10-8-17(9-11-18)16-27-13-4-3-5-19(27)15-21-20-6-1-2-7-22(20)30-23(21)24(29)26-12-14-28/h1-2,6-11,19,28H,3-5,12-16H2,(H,26,29)/t19-/m0/s1. The summed E-state index contributed by atoms with van der Waals surface area (Å²) in [6.45, 7) is 1.99. The summed E-state index contributed by atoms with van der Waals surface area (Å²) in [6, 6.07) is 15.3. The third kappa shape index (κ3) is 4.72. The fourth-order valence-corrected chi connectivity index (χ4v) is 5.44. The number of hydrogen-bond donors (Lipinski definition) is 2. The zero-order valence-electron chi connectivity index (χ0n) is 16.9. The fourth-order valence-electron chi connectivity index (χ4n) is 4.29. The minimum absolute atomic E-state index is 0.0694. The van der Waals surface area contributed by atoms with E-state index in [0.29, 0.717) is 6.04 Å². The van der Waals surface area contributed by atoms with Crippen LogP contribution in [0.5, 0.6) is 0 Å². The number of aliphatic hydroxyl groups excluding tert-OH is 1. The summed E-state index contributed by atoms with van der Waals surface area (Å²) in [6.07, 6.45) is 4.24. The summed E-state index contributed by atoms with van der Waals surface area (Å²) in [5, 5.41) is 13.0. The van der Waals surface area contributed by atoms with Crippen molar-refractivity contribution in [3.8, 4) is 0 Å². The second-order valence-electron chi connectivity index (χ2n) is 7.84. The van der Waals surface area contributed by atoms with E-state index in [9.17, 15) is 9.18 Å². The van der Waals surface area contributed by atoms with E-state index in [1.54, 1.807) is 0 Å². The molecule has 1 aromatic heterocycles. The van der Waals surface area contributed by atoms with Crippen molar-refractivity contribution in [2.24, 2.45) is 0 Å². The molecule has 0 spiro atoms. The minimum atomic E-state index is -0.211. The molecule has 1 saturated heterocycles. The van der Waals surface area contributed by atoms with E-state index in [-0.39, 0.29) is 24.9 Å². The quantitative estimate of drug-likeness (QED) is 0.590. The van der Waals surface area contributed by atoms with E-state index in [1.165, 1.54) is 29.9 Å². The number of thiophene rings is 1. The highest BCUT2D eigenvalue weighted by atomic mass is 32.1. The van der Waals surface area contributed by atoms with E-state index in [2.05, 4.69) is 22.3 Å². The van der Waals surface area contributed by atoms with Crippen LogP contribution in [-0.2, 0) is 13.0 Å². The summed E-state index contributed by atoms with van der Waals surface area (Å²) >= 11 is 1.52. The molecule has 1 aliphatic rings. The highest BCUT2D eigenvalue weighted by Crippen LogP contribution is 2.34. The third-order valence-corrected chi connectivity index (χ3v) is 7.00. The topological polar surface area (TPSA) is 52.6 Å². The van der Waals surface area contributed by atoms with E-state index in [4.69, 9.17) is 5.11 Å². The van der Waals surface area contributed by atoms with Crippen LogP contribution in [0, 0.1) is 5.82 Å². The van der Waals surface area contributed by atoms with E-state index in [1.807, 2.05) is 24.3 Å². The molecule has 1 aliphatic heterocycles. The van der Waals surface area contributed by atoms with Gasteiger partial charge in [0.15, 0.2) is 0 Å². The predicted octanol–water partition coefficient (Wildman–Crippen LogP) is 4.36. The number of rotatable bonds is 7. The molecule has 1 amide bonds. The third-order valence-electron chi connectivity index (χ3n) is 5.79. The fraction of sp³-hybridized carbons (Fsp3) is 0.375. The van der Waals surface area contributed by atoms with E-state index < -0.39 is 0 Å². The Hall–Kier alpha value is -2.28. The molecule has 158 valence electrons. The summed E-state index contributed by atoms with van der Waals surface area (Å²) in [5.74, 6) is -0.321. The van der Waals surface area contributed by atoms with Gasteiger partial charge in [-0.2, -0.15) is 0 Å². The van der Waals surface area contributed by atoms with Crippen LogP contribution in [0.1, 0.15) is 40.1 Å². The average molecular weight is 427 g/mol. The minimum Gasteiger partial charge on any atom is -0.395 e. The van der Waals surface area contributed by atoms with Gasteiger partial charge in [-0.3, -0.25) is 9.69 Å². The molecule has 6 heteroatoms. The molecule has 2 aromatic carbocycles. The number of nitrogens with one attached hydrogen (secondary N) is 1. The van der Waals surface area contributed by atoms with Crippen molar-refractivity contribution in [1.29, 1.82) is 0 Å². The van der Waals surface area contributed by atoms with Gasteiger partial charge < -0.3 is 10.4 Å². The molecule has 1 atom stereocenters. The molecular formula is C24H27FN2O2S. The van der Waals surface area contributed by atoms with Gasteiger partial charge in [0.1, 0.15) is 5.82 Å². The van der Waals surface area contributed by atoms with Crippen molar-refractivity contribution >= 4 is 27.3 Å². The van der Waals surface area contributed by atoms with Crippen LogP contribution in [0.2, 0.25) is 0 Å². The molecule has 4 rings (SSSR count). The predicted molar refractivity (Wildman–Crippen MR) is 119 cm³/mol. The Morgan fingerprint density at radius 1 is 1.17 bits per heavy atom. The number of carbonyl (C=O) groups excluding carboxylic acids is 1. The van der Waals surface area contributed by atoms with Gasteiger partial charge >= 0.3 is 0 Å². The van der Waals surface area contributed by atoms with Gasteiger partial charge in [0.25, 0.3) is 5.91 Å². The zero-order chi connectivity index (χ0) is 20.9. The normalized spacial score (nSPS) is 17.3. The summed E-state index contributed by atoms with van der Waals surface area (Å²) in [7, 11) is 0. The molecule has 30 heavy (non-hydrogen) atoms. The molecule has 0 radical (unpaired) electrons. The molecule has 0 aliphatic carbocycles. The number of hydrogen-bond acceptors (Lipinski definition) is 4. The SMILES string of the molecule is O=C(NCCO)c1sc2ccccc2c1C[C@@H]1CCCCN1Cc1ccc(F)cc1. The molecule has 4 nitrogen and oxygen atoms in total. The van der Waals surface area contributed by atoms with Crippen LogP contribution in [0.25, 0.3) is 10.1 Å². The number of carbonyl (C=O) groups is 1. The van der Waals surface area contributed by atoms with Gasteiger partial charge in [-0.25, -0.2) is 4.39 Å². The van der Waals surface area contributed by atoms with Crippen LogP contribution in [0.15, 0.2) is 48.5 Å². The second-order valence-corrected chi connectivity index (χ2v) is 8.89. The number of piperidine rings is 1. The molecule has 3 aromatic rings. The maximum atomic E-state index is 13.3. The molecule has 2 heterocycles. The maximum Gasteiger partial charge on any atom is 0.261 e. The smallest absolute Gasteiger partial charge is 0.261 e. The van der Waals surface area contributed by atoms with Gasteiger partial charge in [0, 0.05) is 23.8 Å². The first-order chi connectivity index (χ1) is 14.7. The highest BCUT2D eigenvalue weighted by molar-refractivity contribution is 7.21. The average Bonchev–Trinajstić information content (AvgIpc) is 3.13. The lowest BCUT2D eigenvalue weighted by molar-refractivity contribution is 0.0946. The van der Waals surface area contributed by atoms with Gasteiger partial charge in [-0.15, -0.1) is 11.3 Å². The number of likely N-dealkylation sites (tertiary alicyclic amines) is 1. The van der Waals surface area contributed by atoms with Crippen molar-refractivity contribution < 1.29 is 14.3 Å². The molecule has 0 bridgehead atoms. The zero-order valence-corrected chi connectivity index (χ0v) is 17.8. The first-order valence-electron chi connectivity index (χ1n) is 10.5. The van der Waals surface area contributed by atoms with Crippen molar-refractivity contribution in [2.45, 2.75) is 38.3 Å². The Morgan fingerprint density at radius 2 is 1.97 bits per heavy atom. The van der Waals surface area contributed by atoms with E-state index in [0.717, 1.165) is 58.4 Å². The number of benzene rings is 2. The second kappa shape index (κ2) is 9.69. The lowest BCUT2D eigenvalue weighted by Crippen LogP contribution is -2.40. The van der Waals surface area contributed by atoms with Crippen molar-refractivity contribution in [1.82, 2.24) is 10.2 Å². The summed E-state index contributed by atoms with van der Waals surface area (Å²) in [4.78, 5) is 16.0. The van der Waals surface area contributed by atoms with Crippen LogP contribution < -0.4 is 5.32 Å². The van der Waals surface area contributed by atoms with Crippen molar-refractivity contribution in [3.63, 3.8) is 0 Å². The van der Waals surface area contributed by atoms with E-state index >= 15 is 0 Å².